The van der Waals surface area contributed by atoms with Crippen LogP contribution in [0.25, 0.3) is 0 Å². The third-order valence-corrected chi connectivity index (χ3v) is 0.704. The van der Waals surface area contributed by atoms with Crippen LogP contribution < -0.4 is 10.6 Å². The van der Waals surface area contributed by atoms with Crippen LogP contribution in [0.3, 0.4) is 0 Å². The summed E-state index contributed by atoms with van der Waals surface area (Å²) in [5, 5.41) is 4.78. The van der Waals surface area contributed by atoms with Gasteiger partial charge in [0.25, 0.3) is 0 Å². The minimum absolute atomic E-state index is 0. The van der Waals surface area contributed by atoms with Gasteiger partial charge in [-0.1, -0.05) is 14.9 Å². The van der Waals surface area contributed by atoms with Crippen LogP contribution in [-0.2, 0) is 9.59 Å². The quantitative estimate of drug-likeness (QED) is 0.576. The van der Waals surface area contributed by atoms with E-state index in [4.69, 9.17) is 0 Å². The Hall–Kier alpha value is -1.06. The normalized spacial score (nSPS) is 5.67. The third-order valence-electron chi connectivity index (χ3n) is 0.704. The average Bonchev–Trinajstić information content (AvgIpc) is 1.89. The van der Waals surface area contributed by atoms with Gasteiger partial charge < -0.3 is 10.6 Å². The van der Waals surface area contributed by atoms with Crippen LogP contribution in [0.15, 0.2) is 0 Å². The van der Waals surface area contributed by atoms with Gasteiger partial charge >= 0.3 is 0 Å². The van der Waals surface area contributed by atoms with E-state index in [1.54, 1.807) is 14.1 Å². The van der Waals surface area contributed by atoms with Crippen LogP contribution in [0, 0.1) is 0 Å². The van der Waals surface area contributed by atoms with Gasteiger partial charge in [-0.05, 0) is 0 Å². The summed E-state index contributed by atoms with van der Waals surface area (Å²) in [6, 6.07) is 0. The van der Waals surface area contributed by atoms with E-state index in [0.29, 0.717) is 0 Å². The van der Waals surface area contributed by atoms with Crippen molar-refractivity contribution in [2.75, 3.05) is 14.1 Å². The minimum Gasteiger partial charge on any atom is -0.359 e. The molecule has 0 bridgehead atoms. The van der Waals surface area contributed by atoms with Crippen LogP contribution in [0.5, 0.6) is 0 Å². The van der Waals surface area contributed by atoms with Crippen molar-refractivity contribution in [3.63, 3.8) is 0 Å². The number of carbonyl (C=O) groups is 2. The van der Waals surface area contributed by atoms with Gasteiger partial charge in [-0.3, -0.25) is 9.59 Å². The molecule has 4 heteroatoms. The molecule has 0 aliphatic heterocycles. The van der Waals surface area contributed by atoms with Crippen molar-refractivity contribution in [3.8, 4) is 0 Å². The number of nitrogens with one attached hydrogen (secondary N) is 2. The smallest absolute Gasteiger partial charge is 0.216 e. The Kier molecular flexibility index (Phi) is 30.8. The zero-order chi connectivity index (χ0) is 8.57. The Morgan fingerprint density at radius 2 is 0.917 bits per heavy atom. The highest BCUT2D eigenvalue weighted by atomic mass is 16.1. The van der Waals surface area contributed by atoms with Gasteiger partial charge in [0, 0.05) is 27.9 Å². The molecule has 2 amide bonds. The van der Waals surface area contributed by atoms with Gasteiger partial charge in [-0.25, -0.2) is 0 Å². The highest BCUT2D eigenvalue weighted by Gasteiger charge is 1.73. The molecule has 0 aromatic rings. The molecule has 0 fully saturated rings. The summed E-state index contributed by atoms with van der Waals surface area (Å²) in [6.45, 7) is 2.94. The lowest BCUT2D eigenvalue weighted by Crippen LogP contribution is -2.11. The van der Waals surface area contributed by atoms with Gasteiger partial charge in [0.1, 0.15) is 0 Å². The highest BCUT2D eigenvalue weighted by Crippen LogP contribution is 1.45. The van der Waals surface area contributed by atoms with Gasteiger partial charge in [0.05, 0.1) is 0 Å². The lowest BCUT2D eigenvalue weighted by atomic mass is 10.7. The van der Waals surface area contributed by atoms with E-state index >= 15 is 0 Å². The minimum atomic E-state index is 0. The zero-order valence-electron chi connectivity index (χ0n) is 6.82. The predicted octanol–water partition coefficient (Wildman–Crippen LogP) is 0.777. The monoisotopic (exact) mass is 178 g/mol. The van der Waals surface area contributed by atoms with Crippen LogP contribution in [0.1, 0.15) is 28.7 Å². The fourth-order valence-electron chi connectivity index (χ4n) is 0. The van der Waals surface area contributed by atoms with Crippen LogP contribution >= 0.6 is 0 Å². The van der Waals surface area contributed by atoms with Crippen LogP contribution in [-0.4, -0.2) is 25.9 Å². The average molecular weight is 178 g/mol. The van der Waals surface area contributed by atoms with E-state index in [9.17, 15) is 9.59 Å². The fourth-order valence-corrected chi connectivity index (χ4v) is 0. The molecule has 12 heavy (non-hydrogen) atoms. The van der Waals surface area contributed by atoms with E-state index in [1.165, 1.54) is 13.8 Å². The summed E-state index contributed by atoms with van der Waals surface area (Å²) < 4.78 is 0. The lowest BCUT2D eigenvalue weighted by Gasteiger charge is -1.80. The summed E-state index contributed by atoms with van der Waals surface area (Å²) in [6.07, 6.45) is 0. The Labute approximate surface area is 75.7 Å². The molecule has 2 N–H and O–H groups in total. The molecular formula is C8H22N2O2. The maximum absolute atomic E-state index is 9.70. The molecule has 0 aromatic carbocycles. The van der Waals surface area contributed by atoms with Crippen LogP contribution in [0.4, 0.5) is 0 Å². The molecule has 0 saturated heterocycles. The number of rotatable bonds is 0. The summed E-state index contributed by atoms with van der Waals surface area (Å²) in [5.74, 6) is 0.00926. The molecule has 76 valence electrons. The number of carbonyl (C=O) groups excluding carboxylic acids is 2. The molecule has 0 spiro atoms. The van der Waals surface area contributed by atoms with Crippen molar-refractivity contribution in [1.82, 2.24) is 10.6 Å². The lowest BCUT2D eigenvalue weighted by molar-refractivity contribution is -0.119. The second-order valence-electron chi connectivity index (χ2n) is 1.61. The van der Waals surface area contributed by atoms with E-state index in [-0.39, 0.29) is 26.7 Å². The van der Waals surface area contributed by atoms with Crippen molar-refractivity contribution in [2.45, 2.75) is 28.7 Å². The SMILES string of the molecule is C.C.CNC(C)=O.CNC(C)=O. The Morgan fingerprint density at radius 3 is 0.917 bits per heavy atom. The molecule has 0 saturated carbocycles. The molecular weight excluding hydrogens is 156 g/mol. The maximum atomic E-state index is 9.70. The van der Waals surface area contributed by atoms with Gasteiger partial charge in [0.15, 0.2) is 0 Å². The summed E-state index contributed by atoms with van der Waals surface area (Å²) >= 11 is 0. The first-order valence-electron chi connectivity index (χ1n) is 2.91. The largest absolute Gasteiger partial charge is 0.359 e. The van der Waals surface area contributed by atoms with Crippen molar-refractivity contribution in [1.29, 1.82) is 0 Å². The standard InChI is InChI=1S/2C3H7NO.2CH4/c2*1-3(5)4-2;;/h2*1-2H3,(H,4,5);2*1H4. The van der Waals surface area contributed by atoms with Gasteiger partial charge in [-0.15, -0.1) is 0 Å². The fraction of sp³-hybridized carbons (Fsp3) is 0.750. The van der Waals surface area contributed by atoms with Crippen molar-refractivity contribution in [2.24, 2.45) is 0 Å². The van der Waals surface area contributed by atoms with Crippen LogP contribution in [0.2, 0.25) is 0 Å². The van der Waals surface area contributed by atoms with Crippen molar-refractivity contribution < 1.29 is 9.59 Å². The highest BCUT2D eigenvalue weighted by molar-refractivity contribution is 5.72. The molecule has 0 heterocycles. The summed E-state index contributed by atoms with van der Waals surface area (Å²) in [7, 11) is 3.20. The topological polar surface area (TPSA) is 58.2 Å². The molecule has 0 radical (unpaired) electrons. The first kappa shape index (κ1) is 22.4. The number of amides is 2. The zero-order valence-corrected chi connectivity index (χ0v) is 6.82. The molecule has 0 atom stereocenters. The molecule has 4 nitrogen and oxygen atoms in total. The van der Waals surface area contributed by atoms with Gasteiger partial charge in [0.2, 0.25) is 11.8 Å². The number of hydrogen-bond acceptors (Lipinski definition) is 2. The molecule has 0 aliphatic carbocycles. The van der Waals surface area contributed by atoms with Gasteiger partial charge in [-0.2, -0.15) is 0 Å². The summed E-state index contributed by atoms with van der Waals surface area (Å²) in [4.78, 5) is 19.4. The molecule has 0 unspecified atom stereocenters. The number of hydrogen-bond donors (Lipinski definition) is 2. The molecule has 0 rings (SSSR count). The van der Waals surface area contributed by atoms with E-state index in [2.05, 4.69) is 10.6 Å². The second kappa shape index (κ2) is 16.5. The first-order chi connectivity index (χ1) is 4.54. The molecule has 0 aromatic heterocycles. The predicted molar refractivity (Wildman–Crippen MR) is 52.9 cm³/mol. The second-order valence-corrected chi connectivity index (χ2v) is 1.61. The molecule has 0 aliphatic rings. The Morgan fingerprint density at radius 1 is 0.833 bits per heavy atom. The Bertz CT molecular complexity index is 99.6. The first-order valence-corrected chi connectivity index (χ1v) is 2.91. The van der Waals surface area contributed by atoms with E-state index in [0.717, 1.165) is 0 Å². The maximum Gasteiger partial charge on any atom is 0.216 e. The van der Waals surface area contributed by atoms with E-state index < -0.39 is 0 Å². The van der Waals surface area contributed by atoms with E-state index in [1.807, 2.05) is 0 Å². The Balaban J connectivity index is -0.0000000457. The summed E-state index contributed by atoms with van der Waals surface area (Å²) in [5.41, 5.74) is 0. The third kappa shape index (κ3) is 65.2. The van der Waals surface area contributed by atoms with Crippen molar-refractivity contribution in [3.05, 3.63) is 0 Å². The van der Waals surface area contributed by atoms with Crippen molar-refractivity contribution >= 4 is 11.8 Å².